The highest BCUT2D eigenvalue weighted by Gasteiger charge is 2.58. The van der Waals surface area contributed by atoms with E-state index in [0.717, 1.165) is 49.5 Å². The van der Waals surface area contributed by atoms with Gasteiger partial charge in [-0.05, 0) is 49.6 Å². The number of carbonyl (C=O) groups is 1. The molecule has 2 saturated heterocycles. The second kappa shape index (κ2) is 12.9. The Labute approximate surface area is 242 Å². The predicted octanol–water partition coefficient (Wildman–Crippen LogP) is 4.25. The maximum absolute atomic E-state index is 14.0. The lowest BCUT2D eigenvalue weighted by molar-refractivity contribution is -0.183. The van der Waals surface area contributed by atoms with Gasteiger partial charge in [0.05, 0.1) is 38.6 Å². The van der Waals surface area contributed by atoms with Gasteiger partial charge in [0.1, 0.15) is 6.10 Å². The Hall–Kier alpha value is -2.04. The first-order valence-corrected chi connectivity index (χ1v) is 14.6. The van der Waals surface area contributed by atoms with Gasteiger partial charge in [0.25, 0.3) is 5.91 Å². The highest BCUT2D eigenvalue weighted by Crippen LogP contribution is 2.44. The van der Waals surface area contributed by atoms with E-state index in [1.54, 1.807) is 0 Å². The van der Waals surface area contributed by atoms with Crippen LogP contribution in [0.3, 0.4) is 0 Å². The second-order valence-corrected chi connectivity index (χ2v) is 11.9. The van der Waals surface area contributed by atoms with Gasteiger partial charge in [-0.2, -0.15) is 0 Å². The van der Waals surface area contributed by atoms with Gasteiger partial charge in [-0.25, -0.2) is 0 Å². The number of fused-ring (bicyclic) bond motifs is 1. The lowest BCUT2D eigenvalue weighted by atomic mass is 9.78. The topological polar surface area (TPSA) is 78.5 Å². The van der Waals surface area contributed by atoms with E-state index in [-0.39, 0.29) is 18.1 Å². The van der Waals surface area contributed by atoms with Crippen LogP contribution in [0.4, 0.5) is 0 Å². The molecule has 1 N–H and O–H groups in total. The van der Waals surface area contributed by atoms with E-state index < -0.39 is 17.5 Å². The number of rotatable bonds is 10. The van der Waals surface area contributed by atoms with Crippen molar-refractivity contribution in [2.45, 2.75) is 76.5 Å². The van der Waals surface area contributed by atoms with Crippen LogP contribution >= 0.6 is 11.6 Å². The lowest BCUT2D eigenvalue weighted by Gasteiger charge is -2.43. The molecule has 5 rings (SSSR count). The molecule has 0 spiro atoms. The summed E-state index contributed by atoms with van der Waals surface area (Å²) in [6, 6.07) is 15.7. The molecule has 0 radical (unpaired) electrons. The zero-order valence-electron chi connectivity index (χ0n) is 23.7. The minimum atomic E-state index is -1.14. The molecule has 1 aliphatic carbocycles. The summed E-state index contributed by atoms with van der Waals surface area (Å²) in [6.45, 7) is 11.0. The highest BCUT2D eigenvalue weighted by atomic mass is 35.5. The molecule has 2 aromatic rings. The van der Waals surface area contributed by atoms with Crippen LogP contribution in [-0.2, 0) is 41.7 Å². The van der Waals surface area contributed by atoms with E-state index >= 15 is 0 Å². The van der Waals surface area contributed by atoms with Crippen LogP contribution in [0.2, 0.25) is 5.02 Å². The Kier molecular flexibility index (Phi) is 9.47. The van der Waals surface area contributed by atoms with Crippen LogP contribution in [0.1, 0.15) is 43.4 Å². The summed E-state index contributed by atoms with van der Waals surface area (Å²) in [5.74, 6) is -0.927. The monoisotopic (exact) mass is 572 g/mol. The Morgan fingerprint density at radius 2 is 1.88 bits per heavy atom. The molecule has 2 aliphatic heterocycles. The average Bonchev–Trinajstić information content (AvgIpc) is 3.25. The average molecular weight is 573 g/mol. The number of halogens is 1. The summed E-state index contributed by atoms with van der Waals surface area (Å²) in [5, 5.41) is 3.83. The maximum atomic E-state index is 14.0. The number of nitrogens with zero attached hydrogens (tertiary/aromatic N) is 1. The molecule has 1 amide bonds. The van der Waals surface area contributed by atoms with Crippen LogP contribution in [0.15, 0.2) is 48.5 Å². The number of ether oxygens (including phenoxy) is 5. The molecule has 9 heteroatoms. The van der Waals surface area contributed by atoms with Crippen LogP contribution in [0.5, 0.6) is 0 Å². The third-order valence-electron chi connectivity index (χ3n) is 8.00. The Morgan fingerprint density at radius 1 is 1.07 bits per heavy atom. The van der Waals surface area contributed by atoms with Gasteiger partial charge in [0.15, 0.2) is 11.4 Å². The Balaban J connectivity index is 1.36. The van der Waals surface area contributed by atoms with E-state index in [9.17, 15) is 4.79 Å². The first-order chi connectivity index (χ1) is 19.2. The quantitative estimate of drug-likeness (QED) is 0.456. The molecular weight excluding hydrogens is 532 g/mol. The number of morpholine rings is 1. The zero-order chi connectivity index (χ0) is 28.2. The van der Waals surface area contributed by atoms with E-state index in [4.69, 9.17) is 35.3 Å². The van der Waals surface area contributed by atoms with Crippen molar-refractivity contribution in [3.8, 4) is 0 Å². The number of aryl methyl sites for hydroxylation is 1. The van der Waals surface area contributed by atoms with Crippen LogP contribution in [0.25, 0.3) is 0 Å². The predicted molar refractivity (Wildman–Crippen MR) is 152 cm³/mol. The van der Waals surface area contributed by atoms with Crippen molar-refractivity contribution in [3.63, 3.8) is 0 Å². The summed E-state index contributed by atoms with van der Waals surface area (Å²) < 4.78 is 31.2. The van der Waals surface area contributed by atoms with Gasteiger partial charge < -0.3 is 29.0 Å². The van der Waals surface area contributed by atoms with Crippen molar-refractivity contribution in [1.29, 1.82) is 0 Å². The molecule has 1 unspecified atom stereocenters. The molecule has 3 aliphatic rings. The first-order valence-electron chi connectivity index (χ1n) is 14.2. The zero-order valence-corrected chi connectivity index (χ0v) is 24.5. The van der Waals surface area contributed by atoms with Gasteiger partial charge in [-0.3, -0.25) is 9.69 Å². The summed E-state index contributed by atoms with van der Waals surface area (Å²) >= 11 is 6.21. The van der Waals surface area contributed by atoms with Crippen molar-refractivity contribution in [3.05, 3.63) is 70.2 Å². The second-order valence-electron chi connectivity index (χ2n) is 11.4. The summed E-state index contributed by atoms with van der Waals surface area (Å²) in [4.78, 5) is 16.3. The third kappa shape index (κ3) is 7.23. The number of hydrogen-bond donors (Lipinski definition) is 1. The lowest BCUT2D eigenvalue weighted by Crippen LogP contribution is -2.60. The number of nitrogens with one attached hydrogen (secondary N) is 1. The molecule has 8 nitrogen and oxygen atoms in total. The van der Waals surface area contributed by atoms with E-state index in [2.05, 4.69) is 23.2 Å². The number of carbonyl (C=O) groups excluding carboxylic acids is 1. The SMILES string of the molecule is Cc1ccccc1CO[C@]1(C(=O)NCCN2CCOCC2)CC(OCc2cccc(Cl)c2)[C@@H]2OC(C)(C)O[C@@H]2C1. The molecular formula is C31H41ClN2O6. The Morgan fingerprint density at radius 3 is 2.65 bits per heavy atom. The third-order valence-corrected chi connectivity index (χ3v) is 8.23. The van der Waals surface area contributed by atoms with E-state index in [0.29, 0.717) is 37.6 Å². The molecule has 1 saturated carbocycles. The molecule has 0 bridgehead atoms. The smallest absolute Gasteiger partial charge is 0.252 e. The van der Waals surface area contributed by atoms with Crippen molar-refractivity contribution in [2.75, 3.05) is 39.4 Å². The number of amides is 1. The van der Waals surface area contributed by atoms with Gasteiger partial charge in [-0.15, -0.1) is 0 Å². The fourth-order valence-corrected chi connectivity index (χ4v) is 6.05. The number of hydrogen-bond acceptors (Lipinski definition) is 7. The Bertz CT molecular complexity index is 1160. The van der Waals surface area contributed by atoms with Crippen LogP contribution in [-0.4, -0.2) is 79.9 Å². The summed E-state index contributed by atoms with van der Waals surface area (Å²) in [6.07, 6.45) is -0.349. The standard InChI is InChI=1S/C31H41ClN2O6/c1-22-7-4-5-9-24(22)21-38-31(29(35)33-11-12-34-13-15-36-16-14-34)18-26(28-27(19-31)39-30(2,3)40-28)37-20-23-8-6-10-25(32)17-23/h4-10,17,26-28H,11-16,18-21H2,1-3H3,(H,33,35)/t26?,27-,28+,31-/m1/s1. The van der Waals surface area contributed by atoms with Crippen LogP contribution < -0.4 is 5.32 Å². The summed E-state index contributed by atoms with van der Waals surface area (Å²) in [5.41, 5.74) is 1.98. The van der Waals surface area contributed by atoms with Crippen molar-refractivity contribution in [2.24, 2.45) is 0 Å². The van der Waals surface area contributed by atoms with Crippen molar-refractivity contribution < 1.29 is 28.5 Å². The van der Waals surface area contributed by atoms with Crippen molar-refractivity contribution in [1.82, 2.24) is 10.2 Å². The minimum absolute atomic E-state index is 0.141. The maximum Gasteiger partial charge on any atom is 0.252 e. The number of benzene rings is 2. The van der Waals surface area contributed by atoms with Crippen molar-refractivity contribution >= 4 is 17.5 Å². The van der Waals surface area contributed by atoms with Gasteiger partial charge in [0, 0.05) is 44.0 Å². The first kappa shape index (κ1) is 29.5. The largest absolute Gasteiger partial charge is 0.379 e. The molecule has 3 fully saturated rings. The highest BCUT2D eigenvalue weighted by molar-refractivity contribution is 6.30. The molecule has 4 atom stereocenters. The normalized spacial score (nSPS) is 28.2. The minimum Gasteiger partial charge on any atom is -0.379 e. The fraction of sp³-hybridized carbons (Fsp3) is 0.581. The fourth-order valence-electron chi connectivity index (χ4n) is 5.84. The molecule has 40 heavy (non-hydrogen) atoms. The van der Waals surface area contributed by atoms with Gasteiger partial charge in [0.2, 0.25) is 0 Å². The van der Waals surface area contributed by atoms with E-state index in [1.165, 1.54) is 0 Å². The molecule has 218 valence electrons. The van der Waals surface area contributed by atoms with Gasteiger partial charge >= 0.3 is 0 Å². The van der Waals surface area contributed by atoms with E-state index in [1.807, 2.05) is 56.3 Å². The van der Waals surface area contributed by atoms with Crippen LogP contribution in [0, 0.1) is 6.92 Å². The van der Waals surface area contributed by atoms with Gasteiger partial charge in [-0.1, -0.05) is 48.0 Å². The molecule has 0 aromatic heterocycles. The summed E-state index contributed by atoms with van der Waals surface area (Å²) in [7, 11) is 0. The molecule has 2 aromatic carbocycles. The molecule has 2 heterocycles.